The second-order valence-electron chi connectivity index (χ2n) is 11.9. The van der Waals surface area contributed by atoms with Crippen LogP contribution in [0.25, 0.3) is 0 Å². The second kappa shape index (κ2) is 22.8. The van der Waals surface area contributed by atoms with Crippen molar-refractivity contribution in [2.45, 2.75) is 161 Å². The van der Waals surface area contributed by atoms with Gasteiger partial charge in [-0.3, -0.25) is 0 Å². The van der Waals surface area contributed by atoms with Gasteiger partial charge in [0.25, 0.3) is 0 Å². The summed E-state index contributed by atoms with van der Waals surface area (Å²) in [4.78, 5) is 0. The molecule has 4 rings (SSSR count). The molecule has 3 fully saturated rings. The standard InChI is InChI=1S/C8H16.C8H14.2C7H14O.3CH4.H2/c2*1-7-3-5-8(2)6-4-7;2*1-6-3-4-7(2)8-5-6;;;;/h7-8H,3-6H2,1-2H3;3,8H,4-6H2,1-2H3;2*6-7H,3-5H2,1-2H3;3*1H4;1H. The summed E-state index contributed by atoms with van der Waals surface area (Å²) in [6.07, 6.45) is 18.6. The molecule has 216 valence electrons. The van der Waals surface area contributed by atoms with Gasteiger partial charge >= 0.3 is 0 Å². The van der Waals surface area contributed by atoms with Gasteiger partial charge in [-0.2, -0.15) is 0 Å². The van der Waals surface area contributed by atoms with Gasteiger partial charge in [-0.05, 0) is 95.3 Å². The summed E-state index contributed by atoms with van der Waals surface area (Å²) in [7, 11) is 0. The van der Waals surface area contributed by atoms with Crippen LogP contribution in [0, 0.1) is 29.6 Å². The maximum atomic E-state index is 5.39. The lowest BCUT2D eigenvalue weighted by Gasteiger charge is -2.23. The summed E-state index contributed by atoms with van der Waals surface area (Å²) in [5.41, 5.74) is 1.59. The molecule has 1 saturated carbocycles. The molecule has 0 spiro atoms. The Morgan fingerprint density at radius 3 is 1.14 bits per heavy atom. The molecule has 2 nitrogen and oxygen atoms in total. The highest BCUT2D eigenvalue weighted by molar-refractivity contribution is 5.02. The van der Waals surface area contributed by atoms with Crippen molar-refractivity contribution in [2.75, 3.05) is 13.2 Å². The van der Waals surface area contributed by atoms with E-state index in [1.165, 1.54) is 70.6 Å². The summed E-state index contributed by atoms with van der Waals surface area (Å²) < 4.78 is 10.8. The van der Waals surface area contributed by atoms with Gasteiger partial charge < -0.3 is 9.47 Å². The average molecular weight is 501 g/mol. The third-order valence-corrected chi connectivity index (χ3v) is 7.67. The highest BCUT2D eigenvalue weighted by Crippen LogP contribution is 2.27. The fourth-order valence-corrected chi connectivity index (χ4v) is 4.55. The van der Waals surface area contributed by atoms with Crippen LogP contribution in [0.15, 0.2) is 11.6 Å². The molecule has 5 atom stereocenters. The van der Waals surface area contributed by atoms with Crippen LogP contribution < -0.4 is 0 Å². The van der Waals surface area contributed by atoms with Gasteiger partial charge in [0.2, 0.25) is 0 Å². The molecule has 0 radical (unpaired) electrons. The minimum Gasteiger partial charge on any atom is -0.378 e. The van der Waals surface area contributed by atoms with Crippen molar-refractivity contribution in [3.63, 3.8) is 0 Å². The van der Waals surface area contributed by atoms with Crippen molar-refractivity contribution in [3.8, 4) is 0 Å². The van der Waals surface area contributed by atoms with Crippen LogP contribution in [0.3, 0.4) is 0 Å². The maximum Gasteiger partial charge on any atom is 0.0547 e. The van der Waals surface area contributed by atoms with E-state index in [9.17, 15) is 0 Å². The normalized spacial score (nSPS) is 34.1. The number of rotatable bonds is 0. The van der Waals surface area contributed by atoms with E-state index >= 15 is 0 Å². The fourth-order valence-electron chi connectivity index (χ4n) is 4.55. The van der Waals surface area contributed by atoms with Gasteiger partial charge in [-0.15, -0.1) is 0 Å². The first-order valence-corrected chi connectivity index (χ1v) is 14.0. The van der Waals surface area contributed by atoms with E-state index < -0.39 is 0 Å². The van der Waals surface area contributed by atoms with Crippen molar-refractivity contribution in [3.05, 3.63) is 11.6 Å². The topological polar surface area (TPSA) is 18.5 Å². The first-order chi connectivity index (χ1) is 15.2. The van der Waals surface area contributed by atoms with E-state index in [-0.39, 0.29) is 23.7 Å². The Balaban J connectivity index is -0.000000183. The smallest absolute Gasteiger partial charge is 0.0547 e. The summed E-state index contributed by atoms with van der Waals surface area (Å²) in [6.45, 7) is 20.0. The molecule has 5 unspecified atom stereocenters. The zero-order valence-electron chi connectivity index (χ0n) is 23.1. The number of hydrogen-bond acceptors (Lipinski definition) is 2. The lowest BCUT2D eigenvalue weighted by molar-refractivity contribution is 0.000174. The minimum absolute atomic E-state index is 0. The van der Waals surface area contributed by atoms with Crippen LogP contribution in [0.2, 0.25) is 0 Å². The van der Waals surface area contributed by atoms with E-state index in [1.54, 1.807) is 5.57 Å². The molecule has 0 aromatic carbocycles. The molecule has 2 heterocycles. The number of ether oxygens (including phenoxy) is 2. The van der Waals surface area contributed by atoms with Gasteiger partial charge in [0.1, 0.15) is 0 Å². The Hall–Kier alpha value is -0.340. The monoisotopic (exact) mass is 501 g/mol. The second-order valence-corrected chi connectivity index (χ2v) is 11.9. The van der Waals surface area contributed by atoms with Crippen molar-refractivity contribution in [1.29, 1.82) is 0 Å². The first-order valence-electron chi connectivity index (χ1n) is 14.0. The average Bonchev–Trinajstić information content (AvgIpc) is 2.78. The van der Waals surface area contributed by atoms with Gasteiger partial charge in [0.15, 0.2) is 0 Å². The van der Waals surface area contributed by atoms with Crippen LogP contribution in [-0.2, 0) is 9.47 Å². The van der Waals surface area contributed by atoms with E-state index in [0.717, 1.165) is 42.8 Å². The van der Waals surface area contributed by atoms with E-state index in [4.69, 9.17) is 9.47 Å². The minimum atomic E-state index is 0. The van der Waals surface area contributed by atoms with Gasteiger partial charge in [-0.1, -0.05) is 94.2 Å². The van der Waals surface area contributed by atoms with Crippen LogP contribution in [-0.4, -0.2) is 25.4 Å². The lowest BCUT2D eigenvalue weighted by atomic mass is 9.84. The SMILES string of the molecule is C.C.C.CC1=CCC(C)CC1.CC1CCC(C)CC1.CC1CCC(C)OC1.CC1CCC(C)OC1.[HH]. The summed E-state index contributed by atoms with van der Waals surface area (Å²) in [5.74, 6) is 4.58. The summed E-state index contributed by atoms with van der Waals surface area (Å²) >= 11 is 0. The largest absolute Gasteiger partial charge is 0.378 e. The third kappa shape index (κ3) is 21.5. The Labute approximate surface area is 225 Å². The first kappa shape index (κ1) is 39.2. The Kier molecular flexibility index (Phi) is 25.6. The highest BCUT2D eigenvalue weighted by atomic mass is 16.5. The zero-order chi connectivity index (χ0) is 23.9. The molecule has 2 saturated heterocycles. The molecule has 2 aliphatic heterocycles. The molecule has 2 heteroatoms. The van der Waals surface area contributed by atoms with Crippen molar-refractivity contribution < 1.29 is 10.9 Å². The van der Waals surface area contributed by atoms with Crippen molar-refractivity contribution in [2.24, 2.45) is 29.6 Å². The predicted molar refractivity (Wildman–Crippen MR) is 163 cm³/mol. The molecule has 0 amide bonds. The van der Waals surface area contributed by atoms with Crippen molar-refractivity contribution in [1.82, 2.24) is 0 Å². The molecule has 0 aromatic heterocycles. The fraction of sp³-hybridized carbons (Fsp3) is 0.939. The molecule has 4 aliphatic rings. The van der Waals surface area contributed by atoms with E-state index in [0.29, 0.717) is 12.2 Å². The van der Waals surface area contributed by atoms with Crippen LogP contribution in [0.4, 0.5) is 0 Å². The molecule has 35 heavy (non-hydrogen) atoms. The number of allylic oxidation sites excluding steroid dienone is 2. The predicted octanol–water partition coefficient (Wildman–Crippen LogP) is 11.4. The molecule has 0 aromatic rings. The third-order valence-electron chi connectivity index (χ3n) is 7.67. The zero-order valence-corrected chi connectivity index (χ0v) is 23.1. The highest BCUT2D eigenvalue weighted by Gasteiger charge is 2.14. The van der Waals surface area contributed by atoms with Crippen LogP contribution in [0.5, 0.6) is 0 Å². The molecule has 0 bridgehead atoms. The van der Waals surface area contributed by atoms with E-state index in [1.807, 2.05) is 0 Å². The Morgan fingerprint density at radius 2 is 0.914 bits per heavy atom. The lowest BCUT2D eigenvalue weighted by Crippen LogP contribution is -2.21. The van der Waals surface area contributed by atoms with Gasteiger partial charge in [0.05, 0.1) is 12.2 Å². The van der Waals surface area contributed by atoms with Crippen molar-refractivity contribution >= 4 is 0 Å². The van der Waals surface area contributed by atoms with E-state index in [2.05, 4.69) is 61.5 Å². The van der Waals surface area contributed by atoms with Gasteiger partial charge in [-0.25, -0.2) is 0 Å². The quantitative estimate of drug-likeness (QED) is 0.308. The van der Waals surface area contributed by atoms with Crippen LogP contribution in [0.1, 0.15) is 150 Å². The van der Waals surface area contributed by atoms with Crippen LogP contribution >= 0.6 is 0 Å². The molecular formula is C33H72O2. The summed E-state index contributed by atoms with van der Waals surface area (Å²) in [5, 5.41) is 0. The Morgan fingerprint density at radius 1 is 0.543 bits per heavy atom. The summed E-state index contributed by atoms with van der Waals surface area (Å²) in [6, 6.07) is 0. The molecule has 2 aliphatic carbocycles. The van der Waals surface area contributed by atoms with Gasteiger partial charge in [0, 0.05) is 14.6 Å². The Bertz CT molecular complexity index is 391. The molecular weight excluding hydrogens is 428 g/mol. The molecule has 0 N–H and O–H groups in total. The number of hydrogen-bond donors (Lipinski definition) is 0. The maximum absolute atomic E-state index is 5.39.